The van der Waals surface area contributed by atoms with Crippen LogP contribution in [0.4, 0.5) is 5.82 Å². The topological polar surface area (TPSA) is 56.8 Å². The molecule has 1 aliphatic heterocycles. The van der Waals surface area contributed by atoms with Gasteiger partial charge in [0.15, 0.2) is 0 Å². The first-order valence-electron chi connectivity index (χ1n) is 9.16. The Hall–Kier alpha value is -1.88. The van der Waals surface area contributed by atoms with E-state index >= 15 is 0 Å². The number of hydrogen-bond acceptors (Lipinski definition) is 4. The van der Waals surface area contributed by atoms with Crippen LogP contribution in [0, 0.1) is 0 Å². The summed E-state index contributed by atoms with van der Waals surface area (Å²) in [7, 11) is 2.19. The molecular weight excluding hydrogens is 298 g/mol. The predicted octanol–water partition coefficient (Wildman–Crippen LogP) is 3.88. The van der Waals surface area contributed by atoms with Gasteiger partial charge in [0.25, 0.3) is 0 Å². The van der Waals surface area contributed by atoms with Gasteiger partial charge in [-0.3, -0.25) is 5.10 Å². The number of aromatic amines is 1. The minimum Gasteiger partial charge on any atom is -0.367 e. The largest absolute Gasteiger partial charge is 0.367 e. The van der Waals surface area contributed by atoms with Crippen molar-refractivity contribution in [3.63, 3.8) is 0 Å². The van der Waals surface area contributed by atoms with Crippen molar-refractivity contribution in [1.82, 2.24) is 20.1 Å². The molecule has 0 unspecified atom stereocenters. The van der Waals surface area contributed by atoms with E-state index in [1.54, 1.807) is 0 Å². The zero-order valence-electron chi connectivity index (χ0n) is 15.0. The molecule has 0 saturated carbocycles. The molecule has 1 aliphatic rings. The number of anilines is 1. The highest BCUT2D eigenvalue weighted by Gasteiger charge is 2.18. The number of pyridine rings is 1. The van der Waals surface area contributed by atoms with E-state index in [0.717, 1.165) is 31.7 Å². The summed E-state index contributed by atoms with van der Waals surface area (Å²) in [5.41, 5.74) is 3.64. The minimum absolute atomic E-state index is 0.520. The second kappa shape index (κ2) is 7.79. The van der Waals surface area contributed by atoms with Crippen LogP contribution in [0.1, 0.15) is 51.1 Å². The number of aromatic nitrogens is 3. The second-order valence-corrected chi connectivity index (χ2v) is 6.86. The molecule has 1 saturated heterocycles. The highest BCUT2D eigenvalue weighted by atomic mass is 15.1. The molecule has 0 bridgehead atoms. The Balaban J connectivity index is 1.77. The third-order valence-electron chi connectivity index (χ3n) is 5.20. The van der Waals surface area contributed by atoms with Gasteiger partial charge in [0, 0.05) is 29.4 Å². The molecule has 0 amide bonds. The van der Waals surface area contributed by atoms with Gasteiger partial charge in [0.05, 0.1) is 6.20 Å². The zero-order valence-corrected chi connectivity index (χ0v) is 15.0. The lowest BCUT2D eigenvalue weighted by Crippen LogP contribution is -2.36. The van der Waals surface area contributed by atoms with Crippen molar-refractivity contribution in [3.05, 3.63) is 30.2 Å². The molecule has 0 radical (unpaired) electrons. The lowest BCUT2D eigenvalue weighted by molar-refractivity contribution is 0.263. The molecule has 5 nitrogen and oxygen atoms in total. The average Bonchev–Trinajstić information content (AvgIpc) is 3.08. The molecule has 24 heavy (non-hydrogen) atoms. The molecule has 1 fully saturated rings. The standard InChI is InChI=1S/C19H29N5/c1-4-14(5-2)19-17(13-21-23-19)15-6-9-20-18(12-15)22-16-7-10-24(3)11-8-16/h6,9,12-14,16H,4-5,7-8,10-11H2,1-3H3,(H,20,22)(H,21,23). The first kappa shape index (κ1) is 17.0. The lowest BCUT2D eigenvalue weighted by atomic mass is 9.94. The number of hydrogen-bond donors (Lipinski definition) is 2. The van der Waals surface area contributed by atoms with Crippen LogP contribution in [0.2, 0.25) is 0 Å². The highest BCUT2D eigenvalue weighted by molar-refractivity contribution is 5.68. The molecule has 130 valence electrons. The summed E-state index contributed by atoms with van der Waals surface area (Å²) in [6.45, 7) is 6.77. The van der Waals surface area contributed by atoms with Gasteiger partial charge in [0.1, 0.15) is 5.82 Å². The van der Waals surface area contributed by atoms with E-state index in [9.17, 15) is 0 Å². The Bertz CT molecular complexity index is 639. The summed E-state index contributed by atoms with van der Waals surface area (Å²) >= 11 is 0. The Morgan fingerprint density at radius 2 is 2.04 bits per heavy atom. The molecule has 0 spiro atoms. The molecule has 5 heteroatoms. The van der Waals surface area contributed by atoms with Gasteiger partial charge < -0.3 is 10.2 Å². The summed E-state index contributed by atoms with van der Waals surface area (Å²) in [4.78, 5) is 6.91. The Morgan fingerprint density at radius 1 is 1.29 bits per heavy atom. The monoisotopic (exact) mass is 327 g/mol. The number of piperidine rings is 1. The summed E-state index contributed by atoms with van der Waals surface area (Å²) in [5.74, 6) is 1.50. The maximum atomic E-state index is 4.52. The van der Waals surface area contributed by atoms with Crippen LogP contribution in [0.3, 0.4) is 0 Å². The van der Waals surface area contributed by atoms with E-state index < -0.39 is 0 Å². The number of nitrogens with one attached hydrogen (secondary N) is 2. The molecule has 2 aromatic rings. The van der Waals surface area contributed by atoms with E-state index in [1.165, 1.54) is 29.7 Å². The molecule has 0 aromatic carbocycles. The Labute approximate surface area is 144 Å². The van der Waals surface area contributed by atoms with Crippen LogP contribution in [0.5, 0.6) is 0 Å². The van der Waals surface area contributed by atoms with Gasteiger partial charge in [-0.25, -0.2) is 4.98 Å². The number of likely N-dealkylation sites (tertiary alicyclic amines) is 1. The van der Waals surface area contributed by atoms with E-state index in [0.29, 0.717) is 12.0 Å². The number of rotatable bonds is 6. The van der Waals surface area contributed by atoms with Crippen molar-refractivity contribution in [2.75, 3.05) is 25.5 Å². The Kier molecular flexibility index (Phi) is 5.51. The minimum atomic E-state index is 0.520. The Morgan fingerprint density at radius 3 is 2.75 bits per heavy atom. The fourth-order valence-corrected chi connectivity index (χ4v) is 3.57. The van der Waals surface area contributed by atoms with Gasteiger partial charge in [-0.15, -0.1) is 0 Å². The van der Waals surface area contributed by atoms with Crippen molar-refractivity contribution in [2.24, 2.45) is 0 Å². The summed E-state index contributed by atoms with van der Waals surface area (Å²) < 4.78 is 0. The van der Waals surface area contributed by atoms with Crippen molar-refractivity contribution in [1.29, 1.82) is 0 Å². The third kappa shape index (κ3) is 3.78. The van der Waals surface area contributed by atoms with Crippen LogP contribution in [0.15, 0.2) is 24.5 Å². The summed E-state index contributed by atoms with van der Waals surface area (Å²) in [6, 6.07) is 4.76. The van der Waals surface area contributed by atoms with Crippen molar-refractivity contribution < 1.29 is 0 Å². The van der Waals surface area contributed by atoms with Gasteiger partial charge >= 0.3 is 0 Å². The molecule has 2 aromatic heterocycles. The van der Waals surface area contributed by atoms with Crippen molar-refractivity contribution in [3.8, 4) is 11.1 Å². The molecule has 3 heterocycles. The summed E-state index contributed by atoms with van der Waals surface area (Å²) in [6.07, 6.45) is 8.44. The molecule has 2 N–H and O–H groups in total. The lowest BCUT2D eigenvalue weighted by Gasteiger charge is -2.29. The van der Waals surface area contributed by atoms with Gasteiger partial charge in [-0.05, 0) is 63.5 Å². The fourth-order valence-electron chi connectivity index (χ4n) is 3.57. The highest BCUT2D eigenvalue weighted by Crippen LogP contribution is 2.32. The van der Waals surface area contributed by atoms with E-state index in [4.69, 9.17) is 0 Å². The average molecular weight is 327 g/mol. The van der Waals surface area contributed by atoms with E-state index in [1.807, 2.05) is 12.4 Å². The maximum absolute atomic E-state index is 4.52. The smallest absolute Gasteiger partial charge is 0.126 e. The molecule has 0 atom stereocenters. The predicted molar refractivity (Wildman–Crippen MR) is 99.3 cm³/mol. The fraction of sp³-hybridized carbons (Fsp3) is 0.579. The van der Waals surface area contributed by atoms with Crippen LogP contribution >= 0.6 is 0 Å². The van der Waals surface area contributed by atoms with Gasteiger partial charge in [0.2, 0.25) is 0 Å². The molecule has 3 rings (SSSR count). The summed E-state index contributed by atoms with van der Waals surface area (Å²) in [5, 5.41) is 11.1. The number of nitrogens with zero attached hydrogens (tertiary/aromatic N) is 3. The van der Waals surface area contributed by atoms with E-state index in [2.05, 4.69) is 58.4 Å². The third-order valence-corrected chi connectivity index (χ3v) is 5.20. The first-order chi connectivity index (χ1) is 11.7. The quantitative estimate of drug-likeness (QED) is 0.845. The second-order valence-electron chi connectivity index (χ2n) is 6.86. The van der Waals surface area contributed by atoms with Crippen LogP contribution in [-0.2, 0) is 0 Å². The zero-order chi connectivity index (χ0) is 16.9. The van der Waals surface area contributed by atoms with Gasteiger partial charge in [-0.2, -0.15) is 5.10 Å². The maximum Gasteiger partial charge on any atom is 0.126 e. The van der Waals surface area contributed by atoms with E-state index in [-0.39, 0.29) is 0 Å². The van der Waals surface area contributed by atoms with Gasteiger partial charge in [-0.1, -0.05) is 13.8 Å². The normalized spacial score (nSPS) is 16.7. The molecular formula is C19H29N5. The van der Waals surface area contributed by atoms with Crippen molar-refractivity contribution in [2.45, 2.75) is 51.5 Å². The molecule has 0 aliphatic carbocycles. The van der Waals surface area contributed by atoms with Crippen LogP contribution < -0.4 is 5.32 Å². The van der Waals surface area contributed by atoms with Crippen LogP contribution in [-0.4, -0.2) is 46.3 Å². The van der Waals surface area contributed by atoms with Crippen LogP contribution in [0.25, 0.3) is 11.1 Å². The van der Waals surface area contributed by atoms with Crippen molar-refractivity contribution >= 4 is 5.82 Å². The number of H-pyrrole nitrogens is 1. The SMILES string of the molecule is CCC(CC)c1[nH]ncc1-c1ccnc(NC2CCN(C)CC2)c1. The first-order valence-corrected chi connectivity index (χ1v) is 9.16.